The number of rotatable bonds is 6. The van der Waals surface area contributed by atoms with Crippen LogP contribution in [-0.2, 0) is 16.9 Å². The van der Waals surface area contributed by atoms with E-state index in [0.29, 0.717) is 23.4 Å². The normalized spacial score (nSPS) is 18.5. The number of aromatic nitrogens is 2. The molecule has 3 aromatic rings. The summed E-state index contributed by atoms with van der Waals surface area (Å²) in [6.45, 7) is 2.76. The van der Waals surface area contributed by atoms with Gasteiger partial charge in [0.05, 0.1) is 11.1 Å². The summed E-state index contributed by atoms with van der Waals surface area (Å²) in [5.41, 5.74) is 7.38. The third-order valence-corrected chi connectivity index (χ3v) is 7.32. The lowest BCUT2D eigenvalue weighted by Gasteiger charge is -2.32. The number of carbonyl (C=O) groups is 2. The molecule has 7 nitrogen and oxygen atoms in total. The van der Waals surface area contributed by atoms with Gasteiger partial charge in [-0.25, -0.2) is 9.78 Å². The van der Waals surface area contributed by atoms with Gasteiger partial charge in [-0.2, -0.15) is 0 Å². The molecule has 2 heterocycles. The Morgan fingerprint density at radius 2 is 2.03 bits per heavy atom. The number of nitrogens with two attached hydrogens (primary N) is 1. The molecule has 0 saturated carbocycles. The van der Waals surface area contributed by atoms with Gasteiger partial charge in [-0.05, 0) is 55.9 Å². The average molecular weight is 457 g/mol. The molecule has 4 rings (SSSR count). The van der Waals surface area contributed by atoms with Crippen molar-refractivity contribution < 1.29 is 14.3 Å². The molecule has 9 heteroatoms. The first kappa shape index (κ1) is 21.6. The fraction of sp³-hybridized carbons (Fsp3) is 0.318. The maximum atomic E-state index is 12.9. The van der Waals surface area contributed by atoms with Crippen LogP contribution < -0.4 is 5.73 Å². The third-order valence-electron chi connectivity index (χ3n) is 5.61. The van der Waals surface area contributed by atoms with Crippen molar-refractivity contribution in [3.8, 4) is 0 Å². The van der Waals surface area contributed by atoms with Gasteiger partial charge in [-0.15, -0.1) is 0 Å². The number of aromatic amines is 1. The smallest absolute Gasteiger partial charge is 0.410 e. The van der Waals surface area contributed by atoms with E-state index in [1.54, 1.807) is 38.6 Å². The van der Waals surface area contributed by atoms with E-state index in [1.165, 1.54) is 0 Å². The van der Waals surface area contributed by atoms with E-state index in [0.717, 1.165) is 28.8 Å². The standard InChI is InChI=1S/C22H24N4O3S2/c1-22(20-24-17-6-3-5-16(19(23)27)18(17)25-20)11-4-12-26(22)21(28)29-13-14-7-9-15(10-8-14)31-30-2/h3,5-10H,4,11-13H2,1-2H3,(H2,23,27)(H,24,25)/t22-/m1/s1. The van der Waals surface area contributed by atoms with Crippen molar-refractivity contribution in [3.05, 3.63) is 59.4 Å². The average Bonchev–Trinajstić information content (AvgIpc) is 3.37. The molecule has 1 aliphatic heterocycles. The van der Waals surface area contributed by atoms with Crippen molar-refractivity contribution in [2.24, 2.45) is 5.73 Å². The monoisotopic (exact) mass is 456 g/mol. The Morgan fingerprint density at radius 1 is 1.26 bits per heavy atom. The minimum Gasteiger partial charge on any atom is -0.445 e. The number of ether oxygens (including phenoxy) is 1. The zero-order valence-electron chi connectivity index (χ0n) is 17.4. The number of fused-ring (bicyclic) bond motifs is 1. The van der Waals surface area contributed by atoms with E-state index in [9.17, 15) is 9.59 Å². The summed E-state index contributed by atoms with van der Waals surface area (Å²) >= 11 is 0. The lowest BCUT2D eigenvalue weighted by Crippen LogP contribution is -2.43. The minimum absolute atomic E-state index is 0.210. The predicted molar refractivity (Wildman–Crippen MR) is 124 cm³/mol. The molecule has 31 heavy (non-hydrogen) atoms. The lowest BCUT2D eigenvalue weighted by atomic mass is 9.98. The number of carbonyl (C=O) groups excluding carboxylic acids is 2. The number of primary amides is 1. The van der Waals surface area contributed by atoms with Gasteiger partial charge >= 0.3 is 6.09 Å². The maximum absolute atomic E-state index is 12.9. The summed E-state index contributed by atoms with van der Waals surface area (Å²) in [5, 5.41) is 0. The second-order valence-electron chi connectivity index (χ2n) is 7.63. The largest absolute Gasteiger partial charge is 0.445 e. The van der Waals surface area contributed by atoms with Gasteiger partial charge in [0.15, 0.2) is 0 Å². The number of nitrogens with zero attached hydrogens (tertiary/aromatic N) is 2. The number of H-pyrrole nitrogens is 1. The summed E-state index contributed by atoms with van der Waals surface area (Å²) in [6, 6.07) is 13.2. The summed E-state index contributed by atoms with van der Waals surface area (Å²) in [4.78, 5) is 35.5. The minimum atomic E-state index is -0.649. The lowest BCUT2D eigenvalue weighted by molar-refractivity contribution is 0.0669. The van der Waals surface area contributed by atoms with Crippen LogP contribution in [0.15, 0.2) is 47.4 Å². The van der Waals surface area contributed by atoms with Crippen molar-refractivity contribution in [3.63, 3.8) is 0 Å². The van der Waals surface area contributed by atoms with Gasteiger partial charge in [-0.1, -0.05) is 39.8 Å². The Balaban J connectivity index is 1.52. The topological polar surface area (TPSA) is 101 Å². The molecular weight excluding hydrogens is 432 g/mol. The van der Waals surface area contributed by atoms with E-state index in [4.69, 9.17) is 10.5 Å². The van der Waals surface area contributed by atoms with Gasteiger partial charge in [-0.3, -0.25) is 9.69 Å². The Labute approximate surface area is 188 Å². The molecule has 0 bridgehead atoms. The zero-order chi connectivity index (χ0) is 22.0. The van der Waals surface area contributed by atoms with E-state index in [1.807, 2.05) is 43.5 Å². The molecule has 1 aliphatic rings. The molecule has 162 valence electrons. The number of imidazole rings is 1. The third kappa shape index (κ3) is 4.24. The zero-order valence-corrected chi connectivity index (χ0v) is 19.0. The highest BCUT2D eigenvalue weighted by Crippen LogP contribution is 2.38. The summed E-state index contributed by atoms with van der Waals surface area (Å²) in [7, 11) is 3.38. The van der Waals surface area contributed by atoms with Crippen LogP contribution >= 0.6 is 21.6 Å². The van der Waals surface area contributed by atoms with E-state index in [2.05, 4.69) is 9.97 Å². The SMILES string of the molecule is CSSc1ccc(COC(=O)N2CCC[C@]2(C)c2nc3c(C(N)=O)cccc3[nH]2)cc1. The van der Waals surface area contributed by atoms with Gasteiger partial charge < -0.3 is 15.5 Å². The molecule has 3 N–H and O–H groups in total. The van der Waals surface area contributed by atoms with Crippen LogP contribution in [0.4, 0.5) is 4.79 Å². The number of hydrogen-bond donors (Lipinski definition) is 2. The molecule has 0 unspecified atom stereocenters. The number of likely N-dealkylation sites (tertiary alicyclic amines) is 1. The fourth-order valence-electron chi connectivity index (χ4n) is 3.95. The Bertz CT molecular complexity index is 1120. The fourth-order valence-corrected chi connectivity index (χ4v) is 5.30. The molecule has 2 amide bonds. The summed E-state index contributed by atoms with van der Waals surface area (Å²) in [5.74, 6) is 0.0996. The summed E-state index contributed by atoms with van der Waals surface area (Å²) in [6.07, 6.45) is 3.24. The highest BCUT2D eigenvalue weighted by molar-refractivity contribution is 8.76. The number of para-hydroxylation sites is 1. The molecular formula is C22H24N4O3S2. The number of nitrogens with one attached hydrogen (secondary N) is 1. The molecule has 1 saturated heterocycles. The van der Waals surface area contributed by atoms with Crippen LogP contribution in [0.25, 0.3) is 11.0 Å². The van der Waals surface area contributed by atoms with E-state index >= 15 is 0 Å². The van der Waals surface area contributed by atoms with Crippen molar-refractivity contribution in [2.45, 2.75) is 36.8 Å². The van der Waals surface area contributed by atoms with Gasteiger partial charge in [0.25, 0.3) is 5.91 Å². The van der Waals surface area contributed by atoms with E-state index < -0.39 is 11.4 Å². The van der Waals surface area contributed by atoms with E-state index in [-0.39, 0.29) is 12.7 Å². The first-order valence-corrected chi connectivity index (χ1v) is 12.5. The molecule has 0 spiro atoms. The Morgan fingerprint density at radius 3 is 2.74 bits per heavy atom. The number of hydrogen-bond acceptors (Lipinski definition) is 6. The molecule has 0 radical (unpaired) electrons. The molecule has 1 aromatic heterocycles. The second-order valence-corrected chi connectivity index (χ2v) is 10.1. The van der Waals surface area contributed by atoms with Crippen molar-refractivity contribution in [1.29, 1.82) is 0 Å². The summed E-state index contributed by atoms with van der Waals surface area (Å²) < 4.78 is 5.62. The quantitative estimate of drug-likeness (QED) is 0.522. The van der Waals surface area contributed by atoms with Crippen molar-refractivity contribution >= 4 is 44.6 Å². The Kier molecular flexibility index (Phi) is 6.15. The van der Waals surface area contributed by atoms with Crippen LogP contribution in [0.3, 0.4) is 0 Å². The van der Waals surface area contributed by atoms with Gasteiger partial charge in [0.2, 0.25) is 0 Å². The maximum Gasteiger partial charge on any atom is 0.410 e. The first-order chi connectivity index (χ1) is 14.9. The van der Waals surface area contributed by atoms with Crippen LogP contribution in [0.2, 0.25) is 0 Å². The first-order valence-electron chi connectivity index (χ1n) is 9.95. The van der Waals surface area contributed by atoms with Gasteiger partial charge in [0.1, 0.15) is 23.5 Å². The predicted octanol–water partition coefficient (Wildman–Crippen LogP) is 4.68. The van der Waals surface area contributed by atoms with Crippen LogP contribution in [-0.4, -0.2) is 39.7 Å². The number of benzene rings is 2. The van der Waals surface area contributed by atoms with Crippen LogP contribution in [0.1, 0.15) is 41.5 Å². The second kappa shape index (κ2) is 8.84. The van der Waals surface area contributed by atoms with Crippen molar-refractivity contribution in [1.82, 2.24) is 14.9 Å². The van der Waals surface area contributed by atoms with Crippen LogP contribution in [0.5, 0.6) is 0 Å². The molecule has 0 aliphatic carbocycles. The Hall–Kier alpha value is -2.65. The molecule has 1 fully saturated rings. The van der Waals surface area contributed by atoms with Gasteiger partial charge in [0, 0.05) is 11.4 Å². The highest BCUT2D eigenvalue weighted by Gasteiger charge is 2.44. The van der Waals surface area contributed by atoms with Crippen LogP contribution in [0, 0.1) is 0 Å². The highest BCUT2D eigenvalue weighted by atomic mass is 33.1. The van der Waals surface area contributed by atoms with Crippen molar-refractivity contribution in [2.75, 3.05) is 12.8 Å². The number of amides is 2. The molecule has 2 aromatic carbocycles. The molecule has 1 atom stereocenters.